The number of nitrogens with one attached hydrogen (secondary N) is 1. The molecule has 3 N–H and O–H groups in total. The highest BCUT2D eigenvalue weighted by Gasteiger charge is 2.15. The van der Waals surface area contributed by atoms with Crippen LogP contribution in [0.5, 0.6) is 0 Å². The average Bonchev–Trinajstić information content (AvgIpc) is 2.51. The van der Waals surface area contributed by atoms with E-state index < -0.39 is 0 Å². The number of nitrogen functional groups attached to an aromatic ring is 1. The van der Waals surface area contributed by atoms with Crippen LogP contribution in [0.1, 0.15) is 11.1 Å². The van der Waals surface area contributed by atoms with Crippen LogP contribution in [0, 0.1) is 13.8 Å². The molecule has 3 nitrogen and oxygen atoms in total. The van der Waals surface area contributed by atoms with Gasteiger partial charge < -0.3 is 5.43 Å². The first-order valence-corrected chi connectivity index (χ1v) is 7.12. The summed E-state index contributed by atoms with van der Waals surface area (Å²) in [6.45, 7) is 4.05. The second-order valence-corrected chi connectivity index (χ2v) is 5.47. The summed E-state index contributed by atoms with van der Waals surface area (Å²) in [5.74, 6) is 5.76. The van der Waals surface area contributed by atoms with E-state index in [0.717, 1.165) is 39.0 Å². The van der Waals surface area contributed by atoms with Crippen molar-refractivity contribution in [1.82, 2.24) is 4.98 Å². The molecular weight excluding hydrogens is 282 g/mol. The fourth-order valence-corrected chi connectivity index (χ4v) is 2.85. The quantitative estimate of drug-likeness (QED) is 0.542. The Kier molecular flexibility index (Phi) is 3.53. The van der Waals surface area contributed by atoms with Crippen LogP contribution in [0.4, 0.5) is 5.69 Å². The molecule has 0 saturated carbocycles. The molecule has 106 valence electrons. The van der Waals surface area contributed by atoms with Gasteiger partial charge in [-0.25, -0.2) is 4.98 Å². The van der Waals surface area contributed by atoms with Gasteiger partial charge in [-0.05, 0) is 25.5 Å². The fraction of sp³-hybridized carbons (Fsp3) is 0.118. The molecule has 0 atom stereocenters. The number of aromatic nitrogens is 1. The maximum Gasteiger partial charge on any atom is 0.0919 e. The number of anilines is 1. The third kappa shape index (κ3) is 2.24. The first-order valence-electron chi connectivity index (χ1n) is 6.75. The minimum Gasteiger partial charge on any atom is -0.323 e. The van der Waals surface area contributed by atoms with Crippen LogP contribution in [0.15, 0.2) is 42.5 Å². The highest BCUT2D eigenvalue weighted by atomic mass is 35.5. The van der Waals surface area contributed by atoms with Crippen LogP contribution in [0.25, 0.3) is 22.2 Å². The van der Waals surface area contributed by atoms with E-state index in [0.29, 0.717) is 5.02 Å². The van der Waals surface area contributed by atoms with Crippen molar-refractivity contribution in [3.05, 3.63) is 58.6 Å². The first-order chi connectivity index (χ1) is 10.1. The van der Waals surface area contributed by atoms with E-state index in [1.807, 2.05) is 56.3 Å². The topological polar surface area (TPSA) is 50.9 Å². The van der Waals surface area contributed by atoms with Gasteiger partial charge in [-0.15, -0.1) is 0 Å². The van der Waals surface area contributed by atoms with Crippen LogP contribution in [0.2, 0.25) is 5.02 Å². The van der Waals surface area contributed by atoms with Gasteiger partial charge in [0.05, 0.1) is 21.9 Å². The number of hydrogen-bond acceptors (Lipinski definition) is 3. The second kappa shape index (κ2) is 5.35. The summed E-state index contributed by atoms with van der Waals surface area (Å²) in [7, 11) is 0. The third-order valence-electron chi connectivity index (χ3n) is 3.73. The number of pyridine rings is 1. The standard InChI is InChI=1S/C17H16ClN3/c1-10-8-9-13(18)17-14(10)16(21-19)11(2)15(20-17)12-6-4-3-5-7-12/h3-9H,19H2,1-2H3,(H,20,21). The van der Waals surface area contributed by atoms with Gasteiger partial charge in [0.1, 0.15) is 0 Å². The Labute approximate surface area is 128 Å². The van der Waals surface area contributed by atoms with Crippen molar-refractivity contribution >= 4 is 28.2 Å². The fourth-order valence-electron chi connectivity index (χ4n) is 2.65. The van der Waals surface area contributed by atoms with E-state index in [4.69, 9.17) is 22.4 Å². The Balaban J connectivity index is 2.44. The molecule has 4 heteroatoms. The van der Waals surface area contributed by atoms with E-state index in [1.165, 1.54) is 0 Å². The Morgan fingerprint density at radius 1 is 1.05 bits per heavy atom. The second-order valence-electron chi connectivity index (χ2n) is 5.06. The van der Waals surface area contributed by atoms with Gasteiger partial charge in [0.25, 0.3) is 0 Å². The summed E-state index contributed by atoms with van der Waals surface area (Å²) in [5, 5.41) is 1.60. The summed E-state index contributed by atoms with van der Waals surface area (Å²) in [6, 6.07) is 13.9. The number of nitrogens with zero attached hydrogens (tertiary/aromatic N) is 1. The smallest absolute Gasteiger partial charge is 0.0919 e. The van der Waals surface area contributed by atoms with E-state index in [9.17, 15) is 0 Å². The van der Waals surface area contributed by atoms with Crippen molar-refractivity contribution in [2.45, 2.75) is 13.8 Å². The zero-order valence-electron chi connectivity index (χ0n) is 11.9. The molecule has 0 aliphatic heterocycles. The van der Waals surface area contributed by atoms with E-state index >= 15 is 0 Å². The molecule has 0 fully saturated rings. The molecule has 1 aromatic heterocycles. The molecule has 0 radical (unpaired) electrons. The normalized spacial score (nSPS) is 10.9. The zero-order valence-corrected chi connectivity index (χ0v) is 12.7. The monoisotopic (exact) mass is 297 g/mol. The number of hydrazine groups is 1. The molecule has 0 amide bonds. The Morgan fingerprint density at radius 3 is 2.43 bits per heavy atom. The maximum absolute atomic E-state index is 6.34. The summed E-state index contributed by atoms with van der Waals surface area (Å²) >= 11 is 6.34. The number of hydrogen-bond donors (Lipinski definition) is 2. The molecule has 0 saturated heterocycles. The van der Waals surface area contributed by atoms with Gasteiger partial charge in [0.15, 0.2) is 0 Å². The molecule has 2 aromatic carbocycles. The molecular formula is C17H16ClN3. The summed E-state index contributed by atoms with van der Waals surface area (Å²) in [5.41, 5.74) is 8.51. The average molecular weight is 298 g/mol. The predicted octanol–water partition coefficient (Wildman–Crippen LogP) is 4.46. The molecule has 0 spiro atoms. The number of rotatable bonds is 2. The number of fused-ring (bicyclic) bond motifs is 1. The lowest BCUT2D eigenvalue weighted by atomic mass is 9.99. The molecule has 3 aromatic rings. The Morgan fingerprint density at radius 2 is 1.76 bits per heavy atom. The van der Waals surface area contributed by atoms with Gasteiger partial charge in [0.2, 0.25) is 0 Å². The summed E-state index contributed by atoms with van der Waals surface area (Å²) in [6.07, 6.45) is 0. The Bertz CT molecular complexity index is 813. The largest absolute Gasteiger partial charge is 0.323 e. The van der Waals surface area contributed by atoms with Gasteiger partial charge in [-0.3, -0.25) is 5.84 Å². The third-order valence-corrected chi connectivity index (χ3v) is 4.04. The zero-order chi connectivity index (χ0) is 15.0. The SMILES string of the molecule is Cc1c(-c2ccccc2)nc2c(Cl)ccc(C)c2c1NN. The lowest BCUT2D eigenvalue weighted by molar-refractivity contribution is 1.27. The van der Waals surface area contributed by atoms with Gasteiger partial charge >= 0.3 is 0 Å². The molecule has 1 heterocycles. The molecule has 21 heavy (non-hydrogen) atoms. The van der Waals surface area contributed by atoms with Crippen molar-refractivity contribution in [2.24, 2.45) is 5.84 Å². The van der Waals surface area contributed by atoms with Crippen molar-refractivity contribution < 1.29 is 0 Å². The van der Waals surface area contributed by atoms with Gasteiger partial charge in [-0.2, -0.15) is 0 Å². The minimum absolute atomic E-state index is 0.629. The van der Waals surface area contributed by atoms with Crippen molar-refractivity contribution in [3.8, 4) is 11.3 Å². The number of nitrogens with two attached hydrogens (primary N) is 1. The lowest BCUT2D eigenvalue weighted by Crippen LogP contribution is -2.11. The highest BCUT2D eigenvalue weighted by Crippen LogP contribution is 2.37. The van der Waals surface area contributed by atoms with E-state index in [2.05, 4.69) is 5.43 Å². The first kappa shape index (κ1) is 13.9. The molecule has 3 rings (SSSR count). The number of aryl methyl sites for hydroxylation is 1. The van der Waals surface area contributed by atoms with Crippen LogP contribution in [0.3, 0.4) is 0 Å². The van der Waals surface area contributed by atoms with Crippen molar-refractivity contribution in [3.63, 3.8) is 0 Å². The van der Waals surface area contributed by atoms with Gasteiger partial charge in [0, 0.05) is 16.5 Å². The maximum atomic E-state index is 6.34. The van der Waals surface area contributed by atoms with Crippen LogP contribution >= 0.6 is 11.6 Å². The number of benzene rings is 2. The van der Waals surface area contributed by atoms with E-state index in [1.54, 1.807) is 0 Å². The van der Waals surface area contributed by atoms with Crippen molar-refractivity contribution in [1.29, 1.82) is 0 Å². The minimum atomic E-state index is 0.629. The Hall–Kier alpha value is -2.10. The molecule has 0 bridgehead atoms. The van der Waals surface area contributed by atoms with Crippen molar-refractivity contribution in [2.75, 3.05) is 5.43 Å². The highest BCUT2D eigenvalue weighted by molar-refractivity contribution is 6.35. The van der Waals surface area contributed by atoms with Crippen LogP contribution in [-0.4, -0.2) is 4.98 Å². The summed E-state index contributed by atoms with van der Waals surface area (Å²) in [4.78, 5) is 4.79. The van der Waals surface area contributed by atoms with Crippen LogP contribution in [-0.2, 0) is 0 Å². The number of halogens is 1. The van der Waals surface area contributed by atoms with Gasteiger partial charge in [-0.1, -0.05) is 48.0 Å². The van der Waals surface area contributed by atoms with E-state index in [-0.39, 0.29) is 0 Å². The molecule has 0 aliphatic carbocycles. The molecule has 0 aliphatic rings. The van der Waals surface area contributed by atoms with Crippen LogP contribution < -0.4 is 11.3 Å². The summed E-state index contributed by atoms with van der Waals surface area (Å²) < 4.78 is 0. The predicted molar refractivity (Wildman–Crippen MR) is 89.5 cm³/mol. The lowest BCUT2D eigenvalue weighted by Gasteiger charge is -2.16. The molecule has 0 unspecified atom stereocenters.